The Morgan fingerprint density at radius 3 is 2.07 bits per heavy atom. The van der Waals surface area contributed by atoms with Crippen LogP contribution in [0.1, 0.15) is 53.0 Å². The first-order valence-electron chi connectivity index (χ1n) is 19.9. The summed E-state index contributed by atoms with van der Waals surface area (Å²) in [5, 5.41) is 2.47. The van der Waals surface area contributed by atoms with Gasteiger partial charge in [-0.1, -0.05) is 164 Å². The largest absolute Gasteiger partial charge is 0.337 e. The number of aliphatic imine (C=N–C) groups is 1. The first-order chi connectivity index (χ1) is 27.8. The van der Waals surface area contributed by atoms with Crippen molar-refractivity contribution < 1.29 is 0 Å². The molecular weight excluding hydrogens is 679 g/mol. The van der Waals surface area contributed by atoms with Gasteiger partial charge in [-0.2, -0.15) is 0 Å². The van der Waals surface area contributed by atoms with E-state index in [9.17, 15) is 0 Å². The van der Waals surface area contributed by atoms with E-state index in [4.69, 9.17) is 4.99 Å². The molecule has 7 aromatic rings. The Kier molecular flexibility index (Phi) is 7.91. The van der Waals surface area contributed by atoms with E-state index in [2.05, 4.69) is 210 Å². The molecule has 0 N–H and O–H groups in total. The van der Waals surface area contributed by atoms with Crippen LogP contribution in [-0.4, -0.2) is 16.4 Å². The first-order valence-corrected chi connectivity index (χ1v) is 19.9. The van der Waals surface area contributed by atoms with Crippen molar-refractivity contribution in [3.8, 4) is 11.1 Å². The van der Waals surface area contributed by atoms with Gasteiger partial charge in [-0.15, -0.1) is 0 Å². The van der Waals surface area contributed by atoms with Crippen molar-refractivity contribution in [2.24, 2.45) is 4.99 Å². The number of para-hydroxylation sites is 1. The summed E-state index contributed by atoms with van der Waals surface area (Å²) in [6.45, 7) is 0. The van der Waals surface area contributed by atoms with Crippen molar-refractivity contribution in [1.29, 1.82) is 0 Å². The van der Waals surface area contributed by atoms with Crippen LogP contribution >= 0.6 is 0 Å². The summed E-state index contributed by atoms with van der Waals surface area (Å²) in [6.07, 6.45) is 20.3. The zero-order valence-electron chi connectivity index (χ0n) is 31.1. The maximum atomic E-state index is 5.48. The molecule has 56 heavy (non-hydrogen) atoms. The molecule has 11 rings (SSSR count). The second kappa shape index (κ2) is 13.5. The number of fused-ring (bicyclic) bond motifs is 6. The summed E-state index contributed by atoms with van der Waals surface area (Å²) < 4.78 is 2.38. The molecule has 4 unspecified atom stereocenters. The van der Waals surface area contributed by atoms with Crippen molar-refractivity contribution in [1.82, 2.24) is 4.57 Å². The van der Waals surface area contributed by atoms with Crippen LogP contribution in [0.3, 0.4) is 0 Å². The topological polar surface area (TPSA) is 20.5 Å². The molecule has 0 bridgehead atoms. The van der Waals surface area contributed by atoms with Gasteiger partial charge in [0.15, 0.2) is 0 Å². The first kappa shape index (κ1) is 32.7. The fourth-order valence-electron chi connectivity index (χ4n) is 9.53. The van der Waals surface area contributed by atoms with Gasteiger partial charge in [0.2, 0.25) is 0 Å². The third-order valence-corrected chi connectivity index (χ3v) is 12.2. The van der Waals surface area contributed by atoms with Gasteiger partial charge in [0.25, 0.3) is 0 Å². The lowest BCUT2D eigenvalue weighted by molar-refractivity contribution is 0.682. The summed E-state index contributed by atoms with van der Waals surface area (Å²) in [6, 6.07) is 55.7. The number of benzene rings is 6. The number of allylic oxidation sites excluding steroid dienone is 7. The minimum absolute atomic E-state index is 0.0300. The summed E-state index contributed by atoms with van der Waals surface area (Å²) >= 11 is 0. The Bertz CT molecular complexity index is 2820. The predicted molar refractivity (Wildman–Crippen MR) is 234 cm³/mol. The normalized spacial score (nSPS) is 21.1. The Morgan fingerprint density at radius 2 is 1.23 bits per heavy atom. The Balaban J connectivity index is 1.02. The molecule has 268 valence electrons. The van der Waals surface area contributed by atoms with Crippen molar-refractivity contribution in [3.05, 3.63) is 228 Å². The van der Waals surface area contributed by atoms with Crippen LogP contribution in [-0.2, 0) is 0 Å². The summed E-state index contributed by atoms with van der Waals surface area (Å²) in [5.74, 6) is 1.67. The molecule has 3 nitrogen and oxygen atoms in total. The minimum atomic E-state index is 0.0300. The lowest BCUT2D eigenvalue weighted by atomic mass is 9.89. The highest BCUT2D eigenvalue weighted by Crippen LogP contribution is 2.49. The molecule has 0 saturated carbocycles. The Morgan fingerprint density at radius 1 is 0.536 bits per heavy atom. The summed E-state index contributed by atoms with van der Waals surface area (Å²) in [4.78, 5) is 8.10. The van der Waals surface area contributed by atoms with Crippen LogP contribution in [0.4, 0.5) is 5.69 Å². The minimum Gasteiger partial charge on any atom is -0.337 e. The number of anilines is 1. The van der Waals surface area contributed by atoms with E-state index in [-0.39, 0.29) is 12.1 Å². The van der Waals surface area contributed by atoms with Crippen LogP contribution in [0, 0.1) is 0 Å². The molecule has 0 amide bonds. The number of nitrogens with zero attached hydrogens (tertiary/aromatic N) is 3. The van der Waals surface area contributed by atoms with Crippen molar-refractivity contribution >= 4 is 38.9 Å². The smallest absolute Gasteiger partial charge is 0.133 e. The fraction of sp³-hybridized carbons (Fsp3) is 0.113. The summed E-state index contributed by atoms with van der Waals surface area (Å²) in [5.41, 5.74) is 14.0. The molecule has 4 atom stereocenters. The zero-order chi connectivity index (χ0) is 37.0. The van der Waals surface area contributed by atoms with Gasteiger partial charge < -0.3 is 4.90 Å². The predicted octanol–water partition coefficient (Wildman–Crippen LogP) is 13.0. The maximum Gasteiger partial charge on any atom is 0.133 e. The highest BCUT2D eigenvalue weighted by molar-refractivity contribution is 6.18. The average Bonchev–Trinajstić information content (AvgIpc) is 3.79. The Hall–Kier alpha value is -6.71. The third kappa shape index (κ3) is 5.54. The van der Waals surface area contributed by atoms with Gasteiger partial charge in [0, 0.05) is 34.0 Å². The molecule has 0 saturated heterocycles. The average molecular weight is 720 g/mol. The number of rotatable bonds is 5. The summed E-state index contributed by atoms with van der Waals surface area (Å²) in [7, 11) is 0. The van der Waals surface area contributed by atoms with E-state index in [1.807, 2.05) is 0 Å². The molecule has 0 radical (unpaired) electrons. The number of aromatic nitrogens is 1. The lowest BCUT2D eigenvalue weighted by Gasteiger charge is -2.33. The maximum absolute atomic E-state index is 5.48. The molecular formula is C53H41N3. The standard InChI is InChI=1S/C53H41N3/c1-4-15-36(16-5-1)39-21-14-22-43(31-39)55-49-25-12-10-23-44(49)46-29-27-41(34-52(46)55)40-28-30-51-47(32-40)45-24-11-13-26-50(45)56(51)53-35-42(37-17-6-2-7-18-37)33-48(54-53)38-19-8-3-9-20-38/h1-30,32,34-35,39,44,48-49H,31,33H2. The molecule has 0 fully saturated rings. The van der Waals surface area contributed by atoms with E-state index < -0.39 is 0 Å². The molecule has 3 heteroatoms. The second-order valence-electron chi connectivity index (χ2n) is 15.4. The quantitative estimate of drug-likeness (QED) is 0.173. The van der Waals surface area contributed by atoms with Gasteiger partial charge >= 0.3 is 0 Å². The molecule has 3 heterocycles. The van der Waals surface area contributed by atoms with Gasteiger partial charge in [-0.3, -0.25) is 9.56 Å². The van der Waals surface area contributed by atoms with E-state index >= 15 is 0 Å². The van der Waals surface area contributed by atoms with Crippen LogP contribution < -0.4 is 4.90 Å². The highest BCUT2D eigenvalue weighted by Gasteiger charge is 2.39. The van der Waals surface area contributed by atoms with Gasteiger partial charge in [0.05, 0.1) is 23.1 Å². The lowest BCUT2D eigenvalue weighted by Crippen LogP contribution is -2.33. The SMILES string of the molecule is C1=CC(c2ccccc2)CC(N2c3cc(-c4ccc5c(c4)c4ccccc4n5C4=NC(c5ccccc5)CC(c5ccccc5)=C4)ccc3C3C=CC=CC32)=C1. The Labute approximate surface area is 328 Å². The van der Waals surface area contributed by atoms with Gasteiger partial charge in [-0.05, 0) is 88.2 Å². The highest BCUT2D eigenvalue weighted by atomic mass is 15.2. The van der Waals surface area contributed by atoms with E-state index in [1.54, 1.807) is 0 Å². The number of dihydropyridines is 1. The van der Waals surface area contributed by atoms with E-state index in [0.29, 0.717) is 11.8 Å². The molecule has 4 aliphatic rings. The molecule has 6 aromatic carbocycles. The van der Waals surface area contributed by atoms with Gasteiger partial charge in [-0.25, -0.2) is 0 Å². The van der Waals surface area contributed by atoms with Crippen LogP contribution in [0.2, 0.25) is 0 Å². The molecule has 1 aromatic heterocycles. The van der Waals surface area contributed by atoms with Crippen molar-refractivity contribution in [3.63, 3.8) is 0 Å². The van der Waals surface area contributed by atoms with Crippen LogP contribution in [0.25, 0.3) is 38.5 Å². The molecule has 0 spiro atoms. The fourth-order valence-corrected chi connectivity index (χ4v) is 9.53. The number of hydrogen-bond acceptors (Lipinski definition) is 2. The second-order valence-corrected chi connectivity index (χ2v) is 15.4. The monoisotopic (exact) mass is 719 g/mol. The third-order valence-electron chi connectivity index (χ3n) is 12.2. The molecule has 2 aliphatic heterocycles. The van der Waals surface area contributed by atoms with E-state index in [1.165, 1.54) is 72.1 Å². The van der Waals surface area contributed by atoms with Crippen molar-refractivity contribution in [2.75, 3.05) is 4.90 Å². The van der Waals surface area contributed by atoms with Gasteiger partial charge in [0.1, 0.15) is 5.84 Å². The molecule has 2 aliphatic carbocycles. The zero-order valence-corrected chi connectivity index (χ0v) is 31.1. The van der Waals surface area contributed by atoms with Crippen LogP contribution in [0.15, 0.2) is 211 Å². The van der Waals surface area contributed by atoms with E-state index in [0.717, 1.165) is 18.7 Å². The number of hydrogen-bond donors (Lipinski definition) is 0. The van der Waals surface area contributed by atoms with Crippen molar-refractivity contribution in [2.45, 2.75) is 36.8 Å². The van der Waals surface area contributed by atoms with Crippen LogP contribution in [0.5, 0.6) is 0 Å².